The van der Waals surface area contributed by atoms with E-state index in [9.17, 15) is 9.90 Å². The number of rotatable bonds is 2. The largest absolute Gasteiger partial charge is 0.453 e. The molecule has 0 aromatic heterocycles. The van der Waals surface area contributed by atoms with Crippen molar-refractivity contribution < 1.29 is 9.90 Å². The van der Waals surface area contributed by atoms with Crippen molar-refractivity contribution in [2.24, 2.45) is 0 Å². The van der Waals surface area contributed by atoms with Gasteiger partial charge < -0.3 is 4.90 Å². The van der Waals surface area contributed by atoms with Crippen molar-refractivity contribution >= 4 is 6.09 Å². The third-order valence-electron chi connectivity index (χ3n) is 1.48. The van der Waals surface area contributed by atoms with E-state index in [1.807, 2.05) is 27.7 Å². The lowest BCUT2D eigenvalue weighted by molar-refractivity contribution is 0.0797. The van der Waals surface area contributed by atoms with Gasteiger partial charge in [-0.1, -0.05) is 6.92 Å². The molecule has 0 atom stereocenters. The van der Waals surface area contributed by atoms with Gasteiger partial charge in [0, 0.05) is 12.1 Å². The van der Waals surface area contributed by atoms with Gasteiger partial charge in [0.25, 0.3) is 0 Å². The Morgan fingerprint density at radius 3 is 1.91 bits per heavy atom. The van der Waals surface area contributed by atoms with Gasteiger partial charge >= 0.3 is 6.09 Å². The maximum absolute atomic E-state index is 10.6. The summed E-state index contributed by atoms with van der Waals surface area (Å²) in [6.45, 7) is 8.07. The molecule has 0 unspecified atom stereocenters. The van der Waals surface area contributed by atoms with Crippen LogP contribution in [0.1, 0.15) is 34.1 Å². The van der Waals surface area contributed by atoms with Crippen molar-refractivity contribution in [1.82, 2.24) is 4.90 Å². The van der Waals surface area contributed by atoms with Crippen LogP contribution in [0.15, 0.2) is 0 Å². The summed E-state index contributed by atoms with van der Waals surface area (Å²) < 4.78 is 0. The summed E-state index contributed by atoms with van der Waals surface area (Å²) in [6, 6.07) is 0. The van der Waals surface area contributed by atoms with Crippen LogP contribution >= 0.6 is 0 Å². The van der Waals surface area contributed by atoms with Crippen LogP contribution < -0.4 is 0 Å². The van der Waals surface area contributed by atoms with Gasteiger partial charge in [0.05, 0.1) is 0 Å². The minimum Gasteiger partial charge on any atom is -0.300 e. The Balaban J connectivity index is 4.22. The summed E-state index contributed by atoms with van der Waals surface area (Å²) in [5.74, 6) is 0. The second-order valence-electron chi connectivity index (χ2n) is 3.59. The Labute approximate surface area is 68.0 Å². The summed E-state index contributed by atoms with van der Waals surface area (Å²) in [5, 5.41) is 10.6. The molecule has 0 saturated heterocycles. The Bertz CT molecular complexity index is 138. The summed E-state index contributed by atoms with van der Waals surface area (Å²) in [7, 11) is 0. The van der Waals surface area contributed by atoms with E-state index in [0.717, 1.165) is 6.42 Å². The molecule has 3 nitrogen and oxygen atoms in total. The van der Waals surface area contributed by atoms with Gasteiger partial charge in [-0.3, -0.25) is 0 Å². The molecule has 0 bridgehead atoms. The molecule has 11 heavy (non-hydrogen) atoms. The van der Waals surface area contributed by atoms with Crippen LogP contribution in [0.3, 0.4) is 0 Å². The Kier molecular flexibility index (Phi) is 3.36. The first-order valence-corrected chi connectivity index (χ1v) is 3.88. The van der Waals surface area contributed by atoms with E-state index in [4.69, 9.17) is 0 Å². The number of carbonyl (C=O) groups is 1. The lowest BCUT2D eigenvalue weighted by Gasteiger charge is -2.31. The van der Waals surface area contributed by atoms with Crippen molar-refractivity contribution in [2.75, 3.05) is 6.54 Å². The zero-order valence-electron chi connectivity index (χ0n) is 7.68. The van der Waals surface area contributed by atoms with Gasteiger partial charge in [-0.2, -0.15) is 0 Å². The number of hydrogen-bond donors (Lipinski definition) is 0. The van der Waals surface area contributed by atoms with E-state index in [1.54, 1.807) is 0 Å². The fraction of sp³-hybridized carbons (Fsp3) is 0.875. The molecule has 0 aromatic rings. The molecule has 0 fully saturated rings. The van der Waals surface area contributed by atoms with Crippen molar-refractivity contribution in [1.29, 1.82) is 0 Å². The predicted molar refractivity (Wildman–Crippen MR) is 42.8 cm³/mol. The van der Waals surface area contributed by atoms with Crippen LogP contribution in [0, 0.1) is 0 Å². The molecule has 0 aliphatic carbocycles. The van der Waals surface area contributed by atoms with Crippen LogP contribution in [0.4, 0.5) is 4.79 Å². The van der Waals surface area contributed by atoms with Gasteiger partial charge in [-0.25, -0.2) is 9.90 Å². The first kappa shape index (κ1) is 10.3. The highest BCUT2D eigenvalue weighted by atomic mass is 16.4. The number of amides is 1. The summed E-state index contributed by atoms with van der Waals surface area (Å²) >= 11 is 0. The highest BCUT2D eigenvalue weighted by Crippen LogP contribution is 2.13. The Morgan fingerprint density at radius 2 is 1.82 bits per heavy atom. The van der Waals surface area contributed by atoms with Crippen molar-refractivity contribution in [3.63, 3.8) is 0 Å². The predicted octanol–water partition coefficient (Wildman–Crippen LogP) is 2.05. The fourth-order valence-corrected chi connectivity index (χ4v) is 0.924. The molecule has 65 valence electrons. The first-order valence-electron chi connectivity index (χ1n) is 3.88. The zero-order chi connectivity index (χ0) is 9.07. The minimum atomic E-state index is -1.08. The normalized spacial score (nSPS) is 11.3. The quantitative estimate of drug-likeness (QED) is 0.606. The fourth-order valence-electron chi connectivity index (χ4n) is 0.924. The van der Waals surface area contributed by atoms with Gasteiger partial charge in [-0.05, 0) is 27.2 Å². The summed E-state index contributed by atoms with van der Waals surface area (Å²) in [4.78, 5) is 11.9. The highest BCUT2D eigenvalue weighted by Gasteiger charge is 2.25. The number of carbonyl (C=O) groups excluding carboxylic acids is 1. The lowest BCUT2D eigenvalue weighted by Crippen LogP contribution is -2.44. The molecule has 0 spiro atoms. The Morgan fingerprint density at radius 1 is 1.36 bits per heavy atom. The second kappa shape index (κ2) is 3.60. The van der Waals surface area contributed by atoms with Gasteiger partial charge in [-0.15, -0.1) is 0 Å². The molecule has 0 aliphatic rings. The molecule has 3 heteroatoms. The molecule has 1 radical (unpaired) electrons. The zero-order valence-corrected chi connectivity index (χ0v) is 7.68. The van der Waals surface area contributed by atoms with E-state index in [-0.39, 0.29) is 5.54 Å². The average molecular weight is 158 g/mol. The first-order chi connectivity index (χ1) is 4.89. The van der Waals surface area contributed by atoms with Crippen LogP contribution in [0.2, 0.25) is 0 Å². The smallest absolute Gasteiger partial charge is 0.300 e. The maximum atomic E-state index is 10.6. The topological polar surface area (TPSA) is 40.2 Å². The third kappa shape index (κ3) is 3.25. The standard InChI is InChI=1S/C8H16NO2/c1-5-6-9(7(10)11)8(2,3)4/h5-6H2,1-4H3. The molecule has 1 amide bonds. The second-order valence-corrected chi connectivity index (χ2v) is 3.59. The van der Waals surface area contributed by atoms with Crippen molar-refractivity contribution in [3.8, 4) is 0 Å². The van der Waals surface area contributed by atoms with Gasteiger partial charge in [0.15, 0.2) is 0 Å². The molecular weight excluding hydrogens is 142 g/mol. The van der Waals surface area contributed by atoms with Crippen LogP contribution in [-0.2, 0) is 5.11 Å². The summed E-state index contributed by atoms with van der Waals surface area (Å²) in [6.07, 6.45) is -0.259. The number of hydrogen-bond acceptors (Lipinski definition) is 1. The van der Waals surface area contributed by atoms with Crippen molar-refractivity contribution in [2.45, 2.75) is 39.7 Å². The van der Waals surface area contributed by atoms with E-state index in [0.29, 0.717) is 6.54 Å². The van der Waals surface area contributed by atoms with Gasteiger partial charge in [0.1, 0.15) is 0 Å². The maximum Gasteiger partial charge on any atom is 0.453 e. The molecule has 0 N–H and O–H groups in total. The van der Waals surface area contributed by atoms with Crippen LogP contribution in [-0.4, -0.2) is 23.1 Å². The molecule has 0 aromatic carbocycles. The van der Waals surface area contributed by atoms with Crippen molar-refractivity contribution in [3.05, 3.63) is 0 Å². The van der Waals surface area contributed by atoms with E-state index < -0.39 is 6.09 Å². The van der Waals surface area contributed by atoms with E-state index in [2.05, 4.69) is 0 Å². The van der Waals surface area contributed by atoms with Crippen LogP contribution in [0.25, 0.3) is 0 Å². The highest BCUT2D eigenvalue weighted by molar-refractivity contribution is 5.65. The van der Waals surface area contributed by atoms with E-state index >= 15 is 0 Å². The molecule has 0 heterocycles. The molecular formula is C8H16NO2. The van der Waals surface area contributed by atoms with Gasteiger partial charge in [0.2, 0.25) is 0 Å². The van der Waals surface area contributed by atoms with Crippen LogP contribution in [0.5, 0.6) is 0 Å². The minimum absolute atomic E-state index is 0.338. The molecule has 0 saturated carbocycles. The summed E-state index contributed by atoms with van der Waals surface area (Å²) in [5.41, 5.74) is -0.338. The SMILES string of the molecule is CCCN(C([O])=O)C(C)(C)C. The monoisotopic (exact) mass is 158 g/mol. The average Bonchev–Trinajstić information content (AvgIpc) is 1.79. The number of nitrogens with zero attached hydrogens (tertiary/aromatic N) is 1. The molecule has 0 rings (SSSR count). The lowest BCUT2D eigenvalue weighted by atomic mass is 10.1. The Hall–Kier alpha value is -0.730. The third-order valence-corrected chi connectivity index (χ3v) is 1.48. The van der Waals surface area contributed by atoms with E-state index in [1.165, 1.54) is 4.90 Å². The molecule has 0 aliphatic heterocycles.